The molecule has 4 rings (SSSR count). The molecule has 0 bridgehead atoms. The SMILES string of the molecule is COc1cc(C(=O)N2CCCC(c3cc4nc(C)c(C)c(=O)n4[nH]3)C2)cc(OC)c1OC. The number of methoxy groups -OCH3 is 3. The lowest BCUT2D eigenvalue weighted by Crippen LogP contribution is -2.39. The number of likely N-dealkylation sites (tertiary alicyclic amines) is 1. The molecule has 32 heavy (non-hydrogen) atoms. The summed E-state index contributed by atoms with van der Waals surface area (Å²) in [4.78, 5) is 32.2. The highest BCUT2D eigenvalue weighted by Gasteiger charge is 2.28. The van der Waals surface area contributed by atoms with E-state index in [0.717, 1.165) is 24.2 Å². The van der Waals surface area contributed by atoms with Crippen molar-refractivity contribution in [3.05, 3.63) is 51.1 Å². The van der Waals surface area contributed by atoms with E-state index in [9.17, 15) is 9.59 Å². The third-order valence-corrected chi connectivity index (χ3v) is 6.16. The van der Waals surface area contributed by atoms with Gasteiger partial charge in [-0.3, -0.25) is 14.7 Å². The number of benzene rings is 1. The minimum atomic E-state index is -0.105. The van der Waals surface area contributed by atoms with Gasteiger partial charge in [0.05, 0.1) is 21.3 Å². The number of piperidine rings is 1. The van der Waals surface area contributed by atoms with Gasteiger partial charge in [0.25, 0.3) is 11.5 Å². The number of aromatic amines is 1. The number of rotatable bonds is 5. The molecule has 1 aromatic carbocycles. The molecule has 0 radical (unpaired) electrons. The minimum absolute atomic E-state index is 0.0800. The van der Waals surface area contributed by atoms with Crippen LogP contribution < -0.4 is 19.8 Å². The van der Waals surface area contributed by atoms with E-state index in [2.05, 4.69) is 10.1 Å². The number of amides is 1. The first kappa shape index (κ1) is 21.7. The Hall–Kier alpha value is -3.49. The molecular formula is C23H28N4O5. The maximum Gasteiger partial charge on any atom is 0.275 e. The predicted octanol–water partition coefficient (Wildman–Crippen LogP) is 2.69. The van der Waals surface area contributed by atoms with Crippen LogP contribution in [0.15, 0.2) is 23.0 Å². The number of carbonyl (C=O) groups excluding carboxylic acids is 1. The van der Waals surface area contributed by atoms with Gasteiger partial charge in [0.15, 0.2) is 17.1 Å². The summed E-state index contributed by atoms with van der Waals surface area (Å²) in [5.41, 5.74) is 3.23. The quantitative estimate of drug-likeness (QED) is 0.655. The molecule has 0 saturated carbocycles. The van der Waals surface area contributed by atoms with Crippen molar-refractivity contribution < 1.29 is 19.0 Å². The summed E-state index contributed by atoms with van der Waals surface area (Å²) in [6.07, 6.45) is 1.77. The largest absolute Gasteiger partial charge is 0.493 e. The van der Waals surface area contributed by atoms with Crippen molar-refractivity contribution in [1.82, 2.24) is 19.5 Å². The molecule has 2 aromatic heterocycles. The van der Waals surface area contributed by atoms with E-state index in [1.165, 1.54) is 25.8 Å². The monoisotopic (exact) mass is 440 g/mol. The number of carbonyl (C=O) groups is 1. The van der Waals surface area contributed by atoms with Gasteiger partial charge in [0.1, 0.15) is 0 Å². The fourth-order valence-electron chi connectivity index (χ4n) is 4.25. The first-order valence-electron chi connectivity index (χ1n) is 10.6. The van der Waals surface area contributed by atoms with Gasteiger partial charge in [0.2, 0.25) is 5.75 Å². The molecule has 1 atom stereocenters. The van der Waals surface area contributed by atoms with Crippen LogP contribution in [0.25, 0.3) is 5.65 Å². The standard InChI is InChI=1S/C23H28N4O5/c1-13-14(2)24-20-11-17(25-27(20)22(13)28)15-7-6-8-26(12-15)23(29)16-9-18(30-3)21(32-5)19(10-16)31-4/h9-11,15,25H,6-8,12H2,1-5H3. The van der Waals surface area contributed by atoms with Gasteiger partial charge in [-0.1, -0.05) is 0 Å². The van der Waals surface area contributed by atoms with E-state index in [1.807, 2.05) is 17.9 Å². The maximum absolute atomic E-state index is 13.3. The van der Waals surface area contributed by atoms with E-state index >= 15 is 0 Å². The van der Waals surface area contributed by atoms with Crippen LogP contribution in [0.5, 0.6) is 17.2 Å². The smallest absolute Gasteiger partial charge is 0.275 e. The third-order valence-electron chi connectivity index (χ3n) is 6.16. The zero-order valence-corrected chi connectivity index (χ0v) is 19.0. The number of aryl methyl sites for hydroxylation is 1. The van der Waals surface area contributed by atoms with Crippen molar-refractivity contribution in [2.75, 3.05) is 34.4 Å². The number of fused-ring (bicyclic) bond motifs is 1. The molecule has 1 saturated heterocycles. The normalized spacial score (nSPS) is 16.3. The van der Waals surface area contributed by atoms with Gasteiger partial charge < -0.3 is 19.1 Å². The summed E-state index contributed by atoms with van der Waals surface area (Å²) in [6, 6.07) is 5.25. The molecule has 1 fully saturated rings. The van der Waals surface area contributed by atoms with E-state index < -0.39 is 0 Å². The molecular weight excluding hydrogens is 412 g/mol. The summed E-state index contributed by atoms with van der Waals surface area (Å²) >= 11 is 0. The van der Waals surface area contributed by atoms with Crippen molar-refractivity contribution in [1.29, 1.82) is 0 Å². The summed E-state index contributed by atoms with van der Waals surface area (Å²) in [6.45, 7) is 4.80. The van der Waals surface area contributed by atoms with Crippen LogP contribution in [0, 0.1) is 13.8 Å². The minimum Gasteiger partial charge on any atom is -0.493 e. The van der Waals surface area contributed by atoms with E-state index in [4.69, 9.17) is 14.2 Å². The van der Waals surface area contributed by atoms with Gasteiger partial charge in [-0.15, -0.1) is 0 Å². The lowest BCUT2D eigenvalue weighted by Gasteiger charge is -2.32. The van der Waals surface area contributed by atoms with Crippen molar-refractivity contribution >= 4 is 11.6 Å². The average molecular weight is 441 g/mol. The number of ether oxygens (including phenoxy) is 3. The Morgan fingerprint density at radius 2 is 1.78 bits per heavy atom. The molecule has 1 N–H and O–H groups in total. The third kappa shape index (κ3) is 3.68. The van der Waals surface area contributed by atoms with Gasteiger partial charge in [-0.05, 0) is 38.8 Å². The van der Waals surface area contributed by atoms with Crippen LogP contribution in [0.2, 0.25) is 0 Å². The van der Waals surface area contributed by atoms with Crippen LogP contribution in [-0.4, -0.2) is 59.8 Å². The van der Waals surface area contributed by atoms with E-state index in [1.54, 1.807) is 19.1 Å². The van der Waals surface area contributed by atoms with E-state index in [-0.39, 0.29) is 17.4 Å². The van der Waals surface area contributed by atoms with Gasteiger partial charge in [-0.25, -0.2) is 9.50 Å². The Morgan fingerprint density at radius 3 is 2.41 bits per heavy atom. The van der Waals surface area contributed by atoms with Gasteiger partial charge in [-0.2, -0.15) is 0 Å². The highest BCUT2D eigenvalue weighted by atomic mass is 16.5. The van der Waals surface area contributed by atoms with Crippen LogP contribution in [0.1, 0.15) is 46.1 Å². The molecule has 0 aliphatic carbocycles. The summed E-state index contributed by atoms with van der Waals surface area (Å²) in [5, 5.41) is 3.20. The molecule has 1 unspecified atom stereocenters. The average Bonchev–Trinajstić information content (AvgIpc) is 3.25. The Balaban J connectivity index is 1.62. The number of nitrogens with one attached hydrogen (secondary N) is 1. The molecule has 3 aromatic rings. The van der Waals surface area contributed by atoms with Crippen LogP contribution in [0.4, 0.5) is 0 Å². The van der Waals surface area contributed by atoms with Crippen molar-refractivity contribution in [2.24, 2.45) is 0 Å². The zero-order valence-electron chi connectivity index (χ0n) is 19.0. The fourth-order valence-corrected chi connectivity index (χ4v) is 4.25. The molecule has 1 aliphatic heterocycles. The Labute approximate surface area is 185 Å². The first-order valence-corrected chi connectivity index (χ1v) is 10.6. The Bertz CT molecular complexity index is 1200. The molecule has 1 amide bonds. The number of hydrogen-bond acceptors (Lipinski definition) is 6. The lowest BCUT2D eigenvalue weighted by atomic mass is 9.94. The van der Waals surface area contributed by atoms with Gasteiger partial charge >= 0.3 is 0 Å². The number of nitrogens with zero attached hydrogens (tertiary/aromatic N) is 3. The predicted molar refractivity (Wildman–Crippen MR) is 119 cm³/mol. The van der Waals surface area contributed by atoms with Crippen molar-refractivity contribution in [3.63, 3.8) is 0 Å². The number of H-pyrrole nitrogens is 1. The molecule has 9 heteroatoms. The first-order chi connectivity index (χ1) is 15.4. The summed E-state index contributed by atoms with van der Waals surface area (Å²) in [7, 11) is 4.58. The highest BCUT2D eigenvalue weighted by Crippen LogP contribution is 2.39. The molecule has 9 nitrogen and oxygen atoms in total. The van der Waals surface area contributed by atoms with Crippen LogP contribution in [-0.2, 0) is 0 Å². The second kappa shape index (κ2) is 8.57. The topological polar surface area (TPSA) is 98.2 Å². The van der Waals surface area contributed by atoms with Crippen molar-refractivity contribution in [2.45, 2.75) is 32.6 Å². The second-order valence-electron chi connectivity index (χ2n) is 8.04. The molecule has 0 spiro atoms. The molecule has 3 heterocycles. The van der Waals surface area contributed by atoms with Crippen molar-refractivity contribution in [3.8, 4) is 17.2 Å². The Morgan fingerprint density at radius 1 is 1.09 bits per heavy atom. The zero-order chi connectivity index (χ0) is 23.0. The van der Waals surface area contributed by atoms with Crippen LogP contribution in [0.3, 0.4) is 0 Å². The fraction of sp³-hybridized carbons (Fsp3) is 0.435. The number of hydrogen-bond donors (Lipinski definition) is 1. The highest BCUT2D eigenvalue weighted by molar-refractivity contribution is 5.95. The Kier molecular flexibility index (Phi) is 5.82. The summed E-state index contributed by atoms with van der Waals surface area (Å²) < 4.78 is 17.6. The maximum atomic E-state index is 13.3. The number of aromatic nitrogens is 3. The van der Waals surface area contributed by atoms with E-state index in [0.29, 0.717) is 47.1 Å². The van der Waals surface area contributed by atoms with Crippen LogP contribution >= 0.6 is 0 Å². The lowest BCUT2D eigenvalue weighted by molar-refractivity contribution is 0.0705. The summed E-state index contributed by atoms with van der Waals surface area (Å²) in [5.74, 6) is 1.30. The molecule has 170 valence electrons. The van der Waals surface area contributed by atoms with Gasteiger partial charge in [0, 0.05) is 47.6 Å². The molecule has 1 aliphatic rings. The second-order valence-corrected chi connectivity index (χ2v) is 8.04.